The average Bonchev–Trinajstić information content (AvgIpc) is 2.75. The van der Waals surface area contributed by atoms with E-state index in [-0.39, 0.29) is 5.91 Å². The van der Waals surface area contributed by atoms with Crippen molar-refractivity contribution in [3.05, 3.63) is 33.1 Å². The van der Waals surface area contributed by atoms with Gasteiger partial charge in [0.2, 0.25) is 0 Å². The van der Waals surface area contributed by atoms with Crippen LogP contribution in [0, 0.1) is 6.92 Å². The molecule has 2 heterocycles. The van der Waals surface area contributed by atoms with Crippen molar-refractivity contribution in [3.63, 3.8) is 0 Å². The summed E-state index contributed by atoms with van der Waals surface area (Å²) in [5, 5.41) is 3.51. The molecule has 0 aliphatic carbocycles. The maximum absolute atomic E-state index is 11.7. The molecule has 0 unspecified atom stereocenters. The lowest BCUT2D eigenvalue weighted by Gasteiger charge is -1.97. The summed E-state index contributed by atoms with van der Waals surface area (Å²) in [5.41, 5.74) is 0.902. The molecular weight excluding hydrogens is 252 g/mol. The molecule has 6 heteroatoms. The summed E-state index contributed by atoms with van der Waals surface area (Å²) in [6, 6.07) is 5.24. The molecule has 0 saturated carbocycles. The van der Waals surface area contributed by atoms with Crippen LogP contribution in [0.2, 0.25) is 4.34 Å². The number of hydrogen-bond donors (Lipinski definition) is 1. The van der Waals surface area contributed by atoms with Crippen molar-refractivity contribution < 1.29 is 4.79 Å². The van der Waals surface area contributed by atoms with E-state index in [1.54, 1.807) is 12.1 Å². The van der Waals surface area contributed by atoms with Crippen molar-refractivity contribution in [2.24, 2.45) is 0 Å². The van der Waals surface area contributed by atoms with E-state index in [0.29, 0.717) is 9.21 Å². The van der Waals surface area contributed by atoms with Crippen LogP contribution < -0.4 is 5.32 Å². The van der Waals surface area contributed by atoms with Gasteiger partial charge in [-0.25, -0.2) is 0 Å². The summed E-state index contributed by atoms with van der Waals surface area (Å²) in [4.78, 5) is 12.3. The Morgan fingerprint density at radius 3 is 2.87 bits per heavy atom. The van der Waals surface area contributed by atoms with Gasteiger partial charge in [-0.15, -0.1) is 11.3 Å². The first kappa shape index (κ1) is 10.6. The SMILES string of the molecule is Cc1cc(NC(=O)c2ccc(Cl)s2)sn1. The first-order valence-electron chi connectivity index (χ1n) is 4.15. The molecule has 2 aromatic heterocycles. The fourth-order valence-corrected chi connectivity index (χ4v) is 2.63. The molecule has 78 valence electrons. The number of rotatable bonds is 2. The van der Waals surface area contributed by atoms with E-state index in [2.05, 4.69) is 9.69 Å². The van der Waals surface area contributed by atoms with Crippen molar-refractivity contribution >= 4 is 45.4 Å². The Balaban J connectivity index is 2.10. The number of anilines is 1. The summed E-state index contributed by atoms with van der Waals surface area (Å²) >= 11 is 8.27. The zero-order valence-corrected chi connectivity index (χ0v) is 10.2. The van der Waals surface area contributed by atoms with Gasteiger partial charge in [-0.3, -0.25) is 4.79 Å². The van der Waals surface area contributed by atoms with E-state index in [1.807, 2.05) is 13.0 Å². The van der Waals surface area contributed by atoms with Crippen molar-refractivity contribution in [1.29, 1.82) is 0 Å². The smallest absolute Gasteiger partial charge is 0.266 e. The number of carbonyl (C=O) groups is 1. The Kier molecular flexibility index (Phi) is 3.04. The number of thiophene rings is 1. The van der Waals surface area contributed by atoms with Gasteiger partial charge in [0.25, 0.3) is 5.91 Å². The molecule has 1 N–H and O–H groups in total. The van der Waals surface area contributed by atoms with E-state index in [4.69, 9.17) is 11.6 Å². The minimum Gasteiger partial charge on any atom is -0.312 e. The fraction of sp³-hybridized carbons (Fsp3) is 0.111. The highest BCUT2D eigenvalue weighted by Gasteiger charge is 2.09. The summed E-state index contributed by atoms with van der Waals surface area (Å²) in [6.07, 6.45) is 0. The predicted molar refractivity (Wildman–Crippen MR) is 64.1 cm³/mol. The van der Waals surface area contributed by atoms with Gasteiger partial charge in [-0.2, -0.15) is 4.37 Å². The third kappa shape index (κ3) is 2.56. The van der Waals surface area contributed by atoms with Crippen molar-refractivity contribution in [2.45, 2.75) is 6.92 Å². The Hall–Kier alpha value is -0.910. The van der Waals surface area contributed by atoms with Crippen LogP contribution in [0.25, 0.3) is 0 Å². The minimum absolute atomic E-state index is 0.143. The quantitative estimate of drug-likeness (QED) is 0.897. The summed E-state index contributed by atoms with van der Waals surface area (Å²) < 4.78 is 4.68. The van der Waals surface area contributed by atoms with Crippen LogP contribution in [0.15, 0.2) is 18.2 Å². The number of halogens is 1. The Morgan fingerprint density at radius 1 is 1.53 bits per heavy atom. The molecule has 0 saturated heterocycles. The van der Waals surface area contributed by atoms with Crippen LogP contribution in [0.1, 0.15) is 15.4 Å². The maximum atomic E-state index is 11.7. The van der Waals surface area contributed by atoms with Crippen LogP contribution >= 0.6 is 34.5 Å². The van der Waals surface area contributed by atoms with Crippen LogP contribution in [0.4, 0.5) is 5.00 Å². The number of aromatic nitrogens is 1. The molecule has 0 aliphatic heterocycles. The second-order valence-corrected chi connectivity index (χ2v) is 5.41. The number of nitrogens with zero attached hydrogens (tertiary/aromatic N) is 1. The molecule has 2 rings (SSSR count). The van der Waals surface area contributed by atoms with Crippen LogP contribution in [0.5, 0.6) is 0 Å². The number of hydrogen-bond acceptors (Lipinski definition) is 4. The highest BCUT2D eigenvalue weighted by atomic mass is 35.5. The third-order valence-electron chi connectivity index (χ3n) is 1.66. The molecule has 0 spiro atoms. The lowest BCUT2D eigenvalue weighted by atomic mass is 10.4. The molecule has 0 bridgehead atoms. The van der Waals surface area contributed by atoms with E-state index in [0.717, 1.165) is 10.7 Å². The molecule has 0 aliphatic rings. The lowest BCUT2D eigenvalue weighted by Crippen LogP contribution is -2.08. The van der Waals surface area contributed by atoms with Gasteiger partial charge < -0.3 is 5.32 Å². The normalized spacial score (nSPS) is 10.3. The van der Waals surface area contributed by atoms with E-state index in [9.17, 15) is 4.79 Å². The molecule has 0 aromatic carbocycles. The summed E-state index contributed by atoms with van der Waals surface area (Å²) in [5.74, 6) is -0.143. The molecule has 0 radical (unpaired) electrons. The number of amides is 1. The van der Waals surface area contributed by atoms with Crippen molar-refractivity contribution in [2.75, 3.05) is 5.32 Å². The van der Waals surface area contributed by atoms with Crippen LogP contribution in [0.3, 0.4) is 0 Å². The summed E-state index contributed by atoms with van der Waals surface area (Å²) in [6.45, 7) is 1.88. The number of nitrogens with one attached hydrogen (secondary N) is 1. The highest BCUT2D eigenvalue weighted by Crippen LogP contribution is 2.23. The van der Waals surface area contributed by atoms with Gasteiger partial charge in [-0.05, 0) is 36.7 Å². The minimum atomic E-state index is -0.143. The third-order valence-corrected chi connectivity index (χ3v) is 3.69. The fourth-order valence-electron chi connectivity index (χ4n) is 1.03. The first-order valence-corrected chi connectivity index (χ1v) is 6.12. The van der Waals surface area contributed by atoms with Gasteiger partial charge in [0.15, 0.2) is 0 Å². The maximum Gasteiger partial charge on any atom is 0.266 e. The van der Waals surface area contributed by atoms with Gasteiger partial charge >= 0.3 is 0 Å². The average molecular weight is 259 g/mol. The molecule has 15 heavy (non-hydrogen) atoms. The van der Waals surface area contributed by atoms with Crippen molar-refractivity contribution in [3.8, 4) is 0 Å². The molecule has 0 fully saturated rings. The van der Waals surface area contributed by atoms with Crippen LogP contribution in [-0.2, 0) is 0 Å². The van der Waals surface area contributed by atoms with Gasteiger partial charge in [0.05, 0.1) is 14.9 Å². The zero-order chi connectivity index (χ0) is 10.8. The van der Waals surface area contributed by atoms with Gasteiger partial charge in [-0.1, -0.05) is 11.6 Å². The second-order valence-electron chi connectivity index (χ2n) is 2.89. The number of carbonyl (C=O) groups excluding carboxylic acids is 1. The zero-order valence-electron chi connectivity index (χ0n) is 7.78. The Labute approximate surface area is 99.9 Å². The van der Waals surface area contributed by atoms with Gasteiger partial charge in [0, 0.05) is 0 Å². The molecule has 3 nitrogen and oxygen atoms in total. The van der Waals surface area contributed by atoms with E-state index in [1.165, 1.54) is 22.9 Å². The standard InChI is InChI=1S/C9H7ClN2OS2/c1-5-4-8(15-12-5)11-9(13)6-2-3-7(10)14-6/h2-4H,1H3,(H,11,13). The van der Waals surface area contributed by atoms with E-state index < -0.39 is 0 Å². The Morgan fingerprint density at radius 2 is 2.33 bits per heavy atom. The highest BCUT2D eigenvalue weighted by molar-refractivity contribution is 7.18. The van der Waals surface area contributed by atoms with Gasteiger partial charge in [0.1, 0.15) is 5.00 Å². The predicted octanol–water partition coefficient (Wildman–Crippen LogP) is 3.42. The lowest BCUT2D eigenvalue weighted by molar-refractivity contribution is 0.103. The number of aryl methyl sites for hydroxylation is 1. The molecule has 2 aromatic rings. The van der Waals surface area contributed by atoms with Crippen molar-refractivity contribution in [1.82, 2.24) is 4.37 Å². The van der Waals surface area contributed by atoms with E-state index >= 15 is 0 Å². The topological polar surface area (TPSA) is 42.0 Å². The first-order chi connectivity index (χ1) is 7.15. The largest absolute Gasteiger partial charge is 0.312 e. The summed E-state index contributed by atoms with van der Waals surface area (Å²) in [7, 11) is 0. The Bertz CT molecular complexity index is 492. The second kappa shape index (κ2) is 4.30. The van der Waals surface area contributed by atoms with Crippen LogP contribution in [-0.4, -0.2) is 10.3 Å². The molecule has 0 atom stereocenters. The monoisotopic (exact) mass is 258 g/mol. The molecular formula is C9H7ClN2OS2. The molecule has 1 amide bonds.